The van der Waals surface area contributed by atoms with E-state index in [0.717, 1.165) is 21.2 Å². The van der Waals surface area contributed by atoms with Gasteiger partial charge in [0.25, 0.3) is 0 Å². The van der Waals surface area contributed by atoms with E-state index in [1.165, 1.54) is 12.1 Å². The zero-order valence-corrected chi connectivity index (χ0v) is 14.0. The van der Waals surface area contributed by atoms with Crippen molar-refractivity contribution in [2.75, 3.05) is 0 Å². The third-order valence-corrected chi connectivity index (χ3v) is 3.86. The summed E-state index contributed by atoms with van der Waals surface area (Å²) in [5, 5.41) is 8.05. The van der Waals surface area contributed by atoms with Crippen LogP contribution in [0, 0.1) is 12.7 Å². The molecule has 23 heavy (non-hydrogen) atoms. The van der Waals surface area contributed by atoms with Crippen LogP contribution in [0.4, 0.5) is 4.39 Å². The van der Waals surface area contributed by atoms with Crippen LogP contribution in [0.1, 0.15) is 28.5 Å². The van der Waals surface area contributed by atoms with Crippen LogP contribution in [0.15, 0.2) is 51.4 Å². The van der Waals surface area contributed by atoms with E-state index in [4.69, 9.17) is 4.42 Å². The molecule has 116 valence electrons. The Morgan fingerprint density at radius 2 is 2.00 bits per heavy atom. The van der Waals surface area contributed by atoms with Crippen molar-refractivity contribution in [3.05, 3.63) is 81.2 Å². The standard InChI is InChI=1S/C18H14BrFN2O/c1-12-9-16(20)7-5-14(12)6-8-17-21-22-18(23-17)11-13-3-2-4-15(19)10-13/h2-10H,11H2,1H3/b8-6+. The largest absolute Gasteiger partial charge is 0.421 e. The summed E-state index contributed by atoms with van der Waals surface area (Å²) in [6.07, 6.45) is 4.15. The number of aryl methyl sites for hydroxylation is 1. The highest BCUT2D eigenvalue weighted by Crippen LogP contribution is 2.16. The molecule has 0 saturated heterocycles. The van der Waals surface area contributed by atoms with Crippen LogP contribution in [-0.4, -0.2) is 10.2 Å². The molecule has 3 aromatic rings. The Kier molecular flexibility index (Phi) is 4.67. The van der Waals surface area contributed by atoms with E-state index in [9.17, 15) is 4.39 Å². The van der Waals surface area contributed by atoms with Gasteiger partial charge in [0, 0.05) is 10.5 Å². The molecule has 0 spiro atoms. The molecule has 1 aromatic heterocycles. The van der Waals surface area contributed by atoms with Crippen LogP contribution < -0.4 is 0 Å². The van der Waals surface area contributed by atoms with Crippen molar-refractivity contribution < 1.29 is 8.81 Å². The van der Waals surface area contributed by atoms with Crippen molar-refractivity contribution in [3.8, 4) is 0 Å². The number of hydrogen-bond donors (Lipinski definition) is 0. The molecular weight excluding hydrogens is 359 g/mol. The Morgan fingerprint density at radius 3 is 2.78 bits per heavy atom. The van der Waals surface area contributed by atoms with Gasteiger partial charge in [-0.25, -0.2) is 4.39 Å². The fraction of sp³-hybridized carbons (Fsp3) is 0.111. The van der Waals surface area contributed by atoms with Crippen LogP contribution in [0.25, 0.3) is 12.2 Å². The number of rotatable bonds is 4. The molecule has 5 heteroatoms. The molecule has 0 aliphatic carbocycles. The van der Waals surface area contributed by atoms with Gasteiger partial charge in [0.15, 0.2) is 0 Å². The van der Waals surface area contributed by atoms with Gasteiger partial charge in [0.1, 0.15) is 5.82 Å². The average molecular weight is 373 g/mol. The summed E-state index contributed by atoms with van der Waals surface area (Å²) in [6, 6.07) is 12.6. The number of halogens is 2. The zero-order chi connectivity index (χ0) is 16.2. The lowest BCUT2D eigenvalue weighted by molar-refractivity contribution is 0.496. The van der Waals surface area contributed by atoms with E-state index in [0.29, 0.717) is 18.2 Å². The van der Waals surface area contributed by atoms with E-state index >= 15 is 0 Å². The van der Waals surface area contributed by atoms with Crippen molar-refractivity contribution in [3.63, 3.8) is 0 Å². The van der Waals surface area contributed by atoms with E-state index in [-0.39, 0.29) is 5.82 Å². The highest BCUT2D eigenvalue weighted by molar-refractivity contribution is 9.10. The summed E-state index contributed by atoms with van der Waals surface area (Å²) in [5.74, 6) is 0.742. The van der Waals surface area contributed by atoms with Crippen molar-refractivity contribution in [1.82, 2.24) is 10.2 Å². The quantitative estimate of drug-likeness (QED) is 0.643. The third-order valence-electron chi connectivity index (χ3n) is 3.36. The highest BCUT2D eigenvalue weighted by Gasteiger charge is 2.05. The Hall–Kier alpha value is -2.27. The first-order chi connectivity index (χ1) is 11.1. The predicted octanol–water partition coefficient (Wildman–Crippen LogP) is 5.04. The Labute approximate surface area is 142 Å². The molecule has 0 unspecified atom stereocenters. The molecule has 3 nitrogen and oxygen atoms in total. The van der Waals surface area contributed by atoms with Crippen LogP contribution in [0.3, 0.4) is 0 Å². The summed E-state index contributed by atoms with van der Waals surface area (Å²) in [4.78, 5) is 0. The smallest absolute Gasteiger partial charge is 0.240 e. The first-order valence-corrected chi connectivity index (χ1v) is 7.90. The molecule has 0 fully saturated rings. The van der Waals surface area contributed by atoms with Gasteiger partial charge >= 0.3 is 0 Å². The lowest BCUT2D eigenvalue weighted by Gasteiger charge is -1.99. The molecule has 0 bridgehead atoms. The van der Waals surface area contributed by atoms with Gasteiger partial charge in [-0.05, 0) is 54.0 Å². The minimum absolute atomic E-state index is 0.242. The van der Waals surface area contributed by atoms with Gasteiger partial charge in [-0.3, -0.25) is 0 Å². The maximum Gasteiger partial charge on any atom is 0.240 e. The fourth-order valence-corrected chi connectivity index (χ4v) is 2.66. The Morgan fingerprint density at radius 1 is 1.13 bits per heavy atom. The van der Waals surface area contributed by atoms with Crippen LogP contribution in [0.2, 0.25) is 0 Å². The lowest BCUT2D eigenvalue weighted by atomic mass is 10.1. The Bertz CT molecular complexity index is 858. The predicted molar refractivity (Wildman–Crippen MR) is 91.3 cm³/mol. The van der Waals surface area contributed by atoms with Crippen molar-refractivity contribution >= 4 is 28.1 Å². The van der Waals surface area contributed by atoms with Crippen LogP contribution in [-0.2, 0) is 6.42 Å². The maximum atomic E-state index is 13.1. The number of nitrogens with zero attached hydrogens (tertiary/aromatic N) is 2. The van der Waals surface area contributed by atoms with Crippen molar-refractivity contribution in [1.29, 1.82) is 0 Å². The zero-order valence-electron chi connectivity index (χ0n) is 12.5. The van der Waals surface area contributed by atoms with Gasteiger partial charge in [-0.2, -0.15) is 0 Å². The summed E-state index contributed by atoms with van der Waals surface area (Å²) < 4.78 is 19.7. The minimum Gasteiger partial charge on any atom is -0.421 e. The molecule has 0 saturated carbocycles. The first kappa shape index (κ1) is 15.6. The number of aromatic nitrogens is 2. The highest BCUT2D eigenvalue weighted by atomic mass is 79.9. The van der Waals surface area contributed by atoms with E-state index < -0.39 is 0 Å². The molecule has 0 N–H and O–H groups in total. The van der Waals surface area contributed by atoms with Gasteiger partial charge in [-0.15, -0.1) is 10.2 Å². The summed E-state index contributed by atoms with van der Waals surface area (Å²) >= 11 is 3.44. The summed E-state index contributed by atoms with van der Waals surface area (Å²) in [7, 11) is 0. The normalized spacial score (nSPS) is 11.3. The summed E-state index contributed by atoms with van der Waals surface area (Å²) in [5.41, 5.74) is 2.86. The van der Waals surface area contributed by atoms with Crippen molar-refractivity contribution in [2.45, 2.75) is 13.3 Å². The third kappa shape index (κ3) is 4.13. The van der Waals surface area contributed by atoms with Crippen molar-refractivity contribution in [2.24, 2.45) is 0 Å². The average Bonchev–Trinajstić information content (AvgIpc) is 2.94. The second-order valence-corrected chi connectivity index (χ2v) is 6.09. The van der Waals surface area contributed by atoms with Gasteiger partial charge < -0.3 is 4.42 Å². The molecule has 0 aliphatic rings. The molecule has 0 radical (unpaired) electrons. The number of benzene rings is 2. The van der Waals surface area contributed by atoms with Gasteiger partial charge in [0.2, 0.25) is 11.8 Å². The molecule has 2 aromatic carbocycles. The Balaban J connectivity index is 1.73. The summed E-state index contributed by atoms with van der Waals surface area (Å²) in [6.45, 7) is 1.86. The molecule has 3 rings (SSSR count). The van der Waals surface area contributed by atoms with Crippen LogP contribution >= 0.6 is 15.9 Å². The fourth-order valence-electron chi connectivity index (χ4n) is 2.21. The second kappa shape index (κ2) is 6.87. The van der Waals surface area contributed by atoms with E-state index in [1.807, 2.05) is 37.3 Å². The van der Waals surface area contributed by atoms with Gasteiger partial charge in [0.05, 0.1) is 6.42 Å². The van der Waals surface area contributed by atoms with E-state index in [1.54, 1.807) is 12.1 Å². The second-order valence-electron chi connectivity index (χ2n) is 5.17. The number of hydrogen-bond acceptors (Lipinski definition) is 3. The minimum atomic E-state index is -0.242. The maximum absolute atomic E-state index is 13.1. The molecule has 1 heterocycles. The topological polar surface area (TPSA) is 38.9 Å². The molecule has 0 aliphatic heterocycles. The van der Waals surface area contributed by atoms with Gasteiger partial charge in [-0.1, -0.05) is 34.1 Å². The molecule has 0 amide bonds. The first-order valence-electron chi connectivity index (χ1n) is 7.11. The molecular formula is C18H14BrFN2O. The lowest BCUT2D eigenvalue weighted by Crippen LogP contribution is -1.87. The molecule has 0 atom stereocenters. The van der Waals surface area contributed by atoms with Crippen LogP contribution in [0.5, 0.6) is 0 Å². The van der Waals surface area contributed by atoms with E-state index in [2.05, 4.69) is 26.1 Å². The monoisotopic (exact) mass is 372 g/mol. The SMILES string of the molecule is Cc1cc(F)ccc1/C=C/c1nnc(Cc2cccc(Br)c2)o1.